The third-order valence-electron chi connectivity index (χ3n) is 1.58. The van der Waals surface area contributed by atoms with Crippen LogP contribution in [0.3, 0.4) is 0 Å². The summed E-state index contributed by atoms with van der Waals surface area (Å²) in [4.78, 5) is 18.8. The minimum atomic E-state index is -4.26. The predicted molar refractivity (Wildman–Crippen MR) is 74.6 cm³/mol. The molecular formula is C9H17O7P3. The molecule has 110 valence electrons. The molecule has 0 aromatic heterocycles. The van der Waals surface area contributed by atoms with Crippen molar-refractivity contribution < 1.29 is 32.1 Å². The van der Waals surface area contributed by atoms with Gasteiger partial charge in [-0.3, -0.25) is 13.7 Å². The van der Waals surface area contributed by atoms with E-state index in [1.807, 2.05) is 0 Å². The molecule has 0 bridgehead atoms. The Kier molecular flexibility index (Phi) is 7.41. The molecule has 0 fully saturated rings. The van der Waals surface area contributed by atoms with Crippen molar-refractivity contribution in [2.45, 2.75) is 0 Å². The summed E-state index contributed by atoms with van der Waals surface area (Å²) in [5, 5.41) is 0. The molecule has 0 heterocycles. The first-order chi connectivity index (χ1) is 8.60. The van der Waals surface area contributed by atoms with Crippen molar-refractivity contribution in [1.82, 2.24) is 0 Å². The average molecular weight is 330 g/mol. The Labute approximate surface area is 112 Å². The molecule has 2 unspecified atom stereocenters. The van der Waals surface area contributed by atoms with Crippen molar-refractivity contribution in [1.29, 1.82) is 0 Å². The van der Waals surface area contributed by atoms with E-state index < -0.39 is 41.3 Å². The van der Waals surface area contributed by atoms with Crippen LogP contribution in [0.2, 0.25) is 0 Å². The van der Waals surface area contributed by atoms with E-state index in [2.05, 4.69) is 28.4 Å². The lowest BCUT2D eigenvalue weighted by Crippen LogP contribution is -1.99. The highest BCUT2D eigenvalue weighted by molar-refractivity contribution is 7.72. The molecule has 7 nitrogen and oxygen atoms in total. The lowest BCUT2D eigenvalue weighted by Gasteiger charge is -2.21. The van der Waals surface area contributed by atoms with E-state index in [0.29, 0.717) is 0 Å². The van der Waals surface area contributed by atoms with Gasteiger partial charge in [-0.1, -0.05) is 18.2 Å². The maximum absolute atomic E-state index is 12.1. The summed E-state index contributed by atoms with van der Waals surface area (Å²) in [6.07, 6.45) is 1.89. The molecule has 2 atom stereocenters. The standard InChI is InChI=1S/C9H17O7P3/c1-4-7-17(10,11)15-19(14,9-6-3)16-18(12,13)8-5-2/h4-6H,1-3,7-9H2,(H,10,11)(H,12,13). The van der Waals surface area contributed by atoms with Gasteiger partial charge in [0.15, 0.2) is 0 Å². The van der Waals surface area contributed by atoms with Gasteiger partial charge in [0.25, 0.3) is 0 Å². The maximum Gasteiger partial charge on any atom is 0.348 e. The monoisotopic (exact) mass is 330 g/mol. The first kappa shape index (κ1) is 18.8. The van der Waals surface area contributed by atoms with Gasteiger partial charge in [0, 0.05) is 0 Å². The fourth-order valence-corrected chi connectivity index (χ4v) is 6.55. The molecular weight excluding hydrogens is 313 g/mol. The van der Waals surface area contributed by atoms with E-state index in [-0.39, 0.29) is 0 Å². The van der Waals surface area contributed by atoms with Crippen LogP contribution in [0.25, 0.3) is 0 Å². The second kappa shape index (κ2) is 7.51. The van der Waals surface area contributed by atoms with Crippen molar-refractivity contribution >= 4 is 22.8 Å². The first-order valence-corrected chi connectivity index (χ1v) is 10.3. The van der Waals surface area contributed by atoms with E-state index >= 15 is 0 Å². The van der Waals surface area contributed by atoms with Gasteiger partial charge in [-0.15, -0.1) is 19.7 Å². The van der Waals surface area contributed by atoms with Crippen LogP contribution in [-0.4, -0.2) is 28.3 Å². The molecule has 0 radical (unpaired) electrons. The van der Waals surface area contributed by atoms with Gasteiger partial charge in [-0.05, 0) is 0 Å². The summed E-state index contributed by atoms with van der Waals surface area (Å²) in [6, 6.07) is 0. The number of allylic oxidation sites excluding steroid dienone is 3. The number of hydrogen-bond acceptors (Lipinski definition) is 5. The van der Waals surface area contributed by atoms with Crippen LogP contribution in [0.4, 0.5) is 0 Å². The van der Waals surface area contributed by atoms with Crippen LogP contribution in [0.15, 0.2) is 38.0 Å². The van der Waals surface area contributed by atoms with Crippen molar-refractivity contribution in [3.8, 4) is 0 Å². The van der Waals surface area contributed by atoms with E-state index in [4.69, 9.17) is 0 Å². The summed E-state index contributed by atoms with van der Waals surface area (Å²) in [5.74, 6) is 0. The van der Waals surface area contributed by atoms with Crippen molar-refractivity contribution in [3.63, 3.8) is 0 Å². The van der Waals surface area contributed by atoms with Crippen LogP contribution in [0.1, 0.15) is 0 Å². The van der Waals surface area contributed by atoms with Crippen molar-refractivity contribution in [2.75, 3.05) is 18.5 Å². The van der Waals surface area contributed by atoms with Gasteiger partial charge in [0.05, 0.1) is 18.5 Å². The van der Waals surface area contributed by atoms with Crippen LogP contribution >= 0.6 is 22.8 Å². The Morgan fingerprint density at radius 2 is 1.11 bits per heavy atom. The van der Waals surface area contributed by atoms with Crippen LogP contribution in [0.5, 0.6) is 0 Å². The van der Waals surface area contributed by atoms with Gasteiger partial charge < -0.3 is 9.79 Å². The van der Waals surface area contributed by atoms with E-state index in [1.54, 1.807) is 0 Å². The summed E-state index contributed by atoms with van der Waals surface area (Å²) in [7, 11) is -12.8. The van der Waals surface area contributed by atoms with Gasteiger partial charge >= 0.3 is 22.8 Å². The quantitative estimate of drug-likeness (QED) is 0.467. The second-order valence-electron chi connectivity index (χ2n) is 3.46. The Morgan fingerprint density at radius 1 is 0.789 bits per heavy atom. The Hall–Kier alpha value is -0.250. The maximum atomic E-state index is 12.1. The molecule has 0 spiro atoms. The SMILES string of the molecule is C=CCP(=O)(O)OP(=O)(CC=C)OP(=O)(O)CC=C. The smallest absolute Gasteiger partial charge is 0.324 e. The second-order valence-corrected chi connectivity index (χ2v) is 9.64. The predicted octanol–water partition coefficient (Wildman–Crippen LogP) is 3.14. The van der Waals surface area contributed by atoms with Crippen LogP contribution in [-0.2, 0) is 22.3 Å². The van der Waals surface area contributed by atoms with Gasteiger partial charge in [-0.2, -0.15) is 0 Å². The largest absolute Gasteiger partial charge is 0.348 e. The fourth-order valence-electron chi connectivity index (χ4n) is 1.02. The molecule has 0 saturated heterocycles. The molecule has 0 aliphatic rings. The normalized spacial score (nSPS) is 20.5. The summed E-state index contributed by atoms with van der Waals surface area (Å²) >= 11 is 0. The molecule has 19 heavy (non-hydrogen) atoms. The van der Waals surface area contributed by atoms with Crippen molar-refractivity contribution in [2.24, 2.45) is 0 Å². The molecule has 0 aromatic carbocycles. The molecule has 0 aromatic rings. The van der Waals surface area contributed by atoms with Crippen LogP contribution in [0, 0.1) is 0 Å². The molecule has 2 N–H and O–H groups in total. The van der Waals surface area contributed by atoms with Gasteiger partial charge in [0.2, 0.25) is 0 Å². The van der Waals surface area contributed by atoms with Gasteiger partial charge in [-0.25, -0.2) is 8.62 Å². The molecule has 0 amide bonds. The van der Waals surface area contributed by atoms with E-state index in [0.717, 1.165) is 18.2 Å². The summed E-state index contributed by atoms with van der Waals surface area (Å²) in [5.41, 5.74) is 0. The number of hydrogen-bond donors (Lipinski definition) is 2. The topological polar surface area (TPSA) is 110 Å². The molecule has 0 saturated carbocycles. The highest BCUT2D eigenvalue weighted by atomic mass is 31.3. The van der Waals surface area contributed by atoms with E-state index in [9.17, 15) is 23.5 Å². The minimum absolute atomic E-state index is 0.464. The molecule has 10 heteroatoms. The molecule has 0 rings (SSSR count). The first-order valence-electron chi connectivity index (χ1n) is 5.08. The summed E-state index contributed by atoms with van der Waals surface area (Å²) in [6.45, 7) is 9.77. The Balaban J connectivity index is 5.16. The van der Waals surface area contributed by atoms with Crippen LogP contribution < -0.4 is 0 Å². The Morgan fingerprint density at radius 3 is 1.37 bits per heavy atom. The van der Waals surface area contributed by atoms with Gasteiger partial charge in [0.1, 0.15) is 0 Å². The molecule has 0 aliphatic heterocycles. The van der Waals surface area contributed by atoms with Crippen molar-refractivity contribution in [3.05, 3.63) is 38.0 Å². The highest BCUT2D eigenvalue weighted by Gasteiger charge is 2.38. The average Bonchev–Trinajstić information content (AvgIpc) is 2.13. The third kappa shape index (κ3) is 7.81. The lowest BCUT2D eigenvalue weighted by molar-refractivity contribution is 0.319. The number of rotatable bonds is 10. The lowest BCUT2D eigenvalue weighted by atomic mass is 10.8. The zero-order chi connectivity index (χ0) is 15.2. The zero-order valence-electron chi connectivity index (χ0n) is 10.3. The summed E-state index contributed by atoms with van der Waals surface area (Å²) < 4.78 is 44.3. The molecule has 0 aliphatic carbocycles. The highest BCUT2D eigenvalue weighted by Crippen LogP contribution is 2.69. The minimum Gasteiger partial charge on any atom is -0.324 e. The van der Waals surface area contributed by atoms with E-state index in [1.165, 1.54) is 0 Å². The third-order valence-corrected chi connectivity index (χ3v) is 7.75. The Bertz CT molecular complexity index is 448. The zero-order valence-corrected chi connectivity index (χ0v) is 12.9. The fraction of sp³-hybridized carbons (Fsp3) is 0.333.